The van der Waals surface area contributed by atoms with Crippen LogP contribution in [0.4, 0.5) is 0 Å². The molecular weight excluding hydrogens is 366 g/mol. The molecule has 1 aromatic carbocycles. The Labute approximate surface area is 169 Å². The summed E-state index contributed by atoms with van der Waals surface area (Å²) in [6.45, 7) is 7.66. The average Bonchev–Trinajstić information content (AvgIpc) is 3.01. The van der Waals surface area contributed by atoms with E-state index in [9.17, 15) is 4.79 Å². The molecule has 3 aromatic rings. The van der Waals surface area contributed by atoms with Crippen molar-refractivity contribution in [3.05, 3.63) is 58.7 Å². The van der Waals surface area contributed by atoms with Crippen molar-refractivity contribution in [1.82, 2.24) is 29.4 Å². The molecule has 0 saturated carbocycles. The highest BCUT2D eigenvalue weighted by Crippen LogP contribution is 2.13. The molecule has 0 spiro atoms. The Morgan fingerprint density at radius 2 is 1.90 bits per heavy atom. The number of carbonyl (C=O) groups is 1. The van der Waals surface area contributed by atoms with Gasteiger partial charge in [-0.25, -0.2) is 9.50 Å². The van der Waals surface area contributed by atoms with Crippen LogP contribution in [0.25, 0.3) is 5.78 Å². The minimum atomic E-state index is -0.146. The number of nitriles is 1. The lowest BCUT2D eigenvalue weighted by atomic mass is 10.1. The van der Waals surface area contributed by atoms with E-state index in [1.165, 1.54) is 5.56 Å². The molecule has 0 atom stereocenters. The summed E-state index contributed by atoms with van der Waals surface area (Å²) in [4.78, 5) is 25.8. The number of amides is 1. The zero-order chi connectivity index (χ0) is 20.4. The summed E-state index contributed by atoms with van der Waals surface area (Å²) in [6.07, 6.45) is 0.895. The van der Waals surface area contributed by atoms with Crippen LogP contribution in [0.15, 0.2) is 30.3 Å². The zero-order valence-electron chi connectivity index (χ0n) is 16.7. The van der Waals surface area contributed by atoms with Gasteiger partial charge in [-0.15, -0.1) is 5.10 Å². The van der Waals surface area contributed by atoms with E-state index in [0.29, 0.717) is 24.4 Å². The van der Waals surface area contributed by atoms with E-state index in [2.05, 4.69) is 26.0 Å². The third-order valence-electron chi connectivity index (χ3n) is 5.17. The maximum absolute atomic E-state index is 13.0. The molecule has 0 bridgehead atoms. The number of aromatic nitrogens is 4. The fraction of sp³-hybridized carbons (Fsp3) is 0.381. The van der Waals surface area contributed by atoms with E-state index in [4.69, 9.17) is 5.26 Å². The summed E-state index contributed by atoms with van der Waals surface area (Å²) in [6, 6.07) is 11.7. The SMILES string of the molecule is Cc1cc(C)n2nc(C(=O)N3CCCN(Cc4ccc(C#N)cc4)CC3)nc2n1. The first-order chi connectivity index (χ1) is 14.0. The van der Waals surface area contributed by atoms with Crippen molar-refractivity contribution in [3.63, 3.8) is 0 Å². The number of rotatable bonds is 3. The first-order valence-corrected chi connectivity index (χ1v) is 9.75. The average molecular weight is 389 g/mol. The lowest BCUT2D eigenvalue weighted by molar-refractivity contribution is 0.0749. The lowest BCUT2D eigenvalue weighted by Crippen LogP contribution is -2.35. The first-order valence-electron chi connectivity index (χ1n) is 9.75. The van der Waals surface area contributed by atoms with Crippen molar-refractivity contribution in [2.75, 3.05) is 26.2 Å². The van der Waals surface area contributed by atoms with Crippen LogP contribution < -0.4 is 0 Å². The van der Waals surface area contributed by atoms with Crippen LogP contribution in [-0.4, -0.2) is 61.5 Å². The summed E-state index contributed by atoms with van der Waals surface area (Å²) in [5.74, 6) is 0.516. The summed E-state index contributed by atoms with van der Waals surface area (Å²) >= 11 is 0. The molecule has 0 N–H and O–H groups in total. The van der Waals surface area contributed by atoms with Crippen LogP contribution in [0.3, 0.4) is 0 Å². The Bertz CT molecular complexity index is 1080. The molecule has 29 heavy (non-hydrogen) atoms. The second-order valence-corrected chi connectivity index (χ2v) is 7.42. The normalized spacial score (nSPS) is 15.3. The predicted octanol–water partition coefficient (Wildman–Crippen LogP) is 1.96. The molecule has 0 unspecified atom stereocenters. The van der Waals surface area contributed by atoms with Crippen LogP contribution >= 0.6 is 0 Å². The molecule has 8 heteroatoms. The molecular formula is C21H23N7O. The Kier molecular flexibility index (Phi) is 5.23. The van der Waals surface area contributed by atoms with Gasteiger partial charge in [-0.3, -0.25) is 9.69 Å². The van der Waals surface area contributed by atoms with E-state index in [-0.39, 0.29) is 11.7 Å². The van der Waals surface area contributed by atoms with E-state index in [0.717, 1.165) is 37.4 Å². The Morgan fingerprint density at radius 1 is 1.10 bits per heavy atom. The quantitative estimate of drug-likeness (QED) is 0.680. The largest absolute Gasteiger partial charge is 0.335 e. The Morgan fingerprint density at radius 3 is 2.66 bits per heavy atom. The molecule has 8 nitrogen and oxygen atoms in total. The predicted molar refractivity (Wildman–Crippen MR) is 107 cm³/mol. The lowest BCUT2D eigenvalue weighted by Gasteiger charge is -2.21. The van der Waals surface area contributed by atoms with Gasteiger partial charge in [0.2, 0.25) is 5.82 Å². The first kappa shape index (κ1) is 19.0. The fourth-order valence-corrected chi connectivity index (χ4v) is 3.67. The highest BCUT2D eigenvalue weighted by molar-refractivity contribution is 5.90. The van der Waals surface area contributed by atoms with Crippen molar-refractivity contribution in [3.8, 4) is 6.07 Å². The van der Waals surface area contributed by atoms with Gasteiger partial charge in [0.05, 0.1) is 11.6 Å². The second-order valence-electron chi connectivity index (χ2n) is 7.42. The molecule has 0 radical (unpaired) electrons. The third-order valence-corrected chi connectivity index (χ3v) is 5.17. The minimum Gasteiger partial charge on any atom is -0.335 e. The Balaban J connectivity index is 1.43. The van der Waals surface area contributed by atoms with E-state index in [1.54, 1.807) is 4.52 Å². The molecule has 1 aliphatic rings. The van der Waals surface area contributed by atoms with Crippen LogP contribution in [-0.2, 0) is 6.54 Å². The zero-order valence-corrected chi connectivity index (χ0v) is 16.7. The molecule has 1 saturated heterocycles. The highest BCUT2D eigenvalue weighted by atomic mass is 16.2. The van der Waals surface area contributed by atoms with Gasteiger partial charge in [-0.1, -0.05) is 12.1 Å². The number of carbonyl (C=O) groups excluding carboxylic acids is 1. The van der Waals surface area contributed by atoms with Gasteiger partial charge < -0.3 is 4.90 Å². The summed E-state index contributed by atoms with van der Waals surface area (Å²) < 4.78 is 1.62. The third kappa shape index (κ3) is 4.10. The number of hydrogen-bond acceptors (Lipinski definition) is 6. The molecule has 0 aliphatic carbocycles. The standard InChI is InChI=1S/C21H23N7O/c1-15-12-16(2)28-21(23-15)24-19(25-28)20(29)27-9-3-8-26(10-11-27)14-18-6-4-17(13-22)5-7-18/h4-7,12H,3,8-11,14H2,1-2H3. The second kappa shape index (κ2) is 7.97. The van der Waals surface area contributed by atoms with Crippen LogP contribution in [0, 0.1) is 25.2 Å². The summed E-state index contributed by atoms with van der Waals surface area (Å²) in [5, 5.41) is 13.3. The molecule has 2 aromatic heterocycles. The van der Waals surface area contributed by atoms with Gasteiger partial charge in [0.1, 0.15) is 0 Å². The van der Waals surface area contributed by atoms with Gasteiger partial charge in [0, 0.05) is 44.1 Å². The summed E-state index contributed by atoms with van der Waals surface area (Å²) in [5.41, 5.74) is 3.60. The molecule has 4 rings (SSSR count). The highest BCUT2D eigenvalue weighted by Gasteiger charge is 2.24. The number of fused-ring (bicyclic) bond motifs is 1. The van der Waals surface area contributed by atoms with Gasteiger partial charge in [0.15, 0.2) is 0 Å². The van der Waals surface area contributed by atoms with Crippen molar-refractivity contribution < 1.29 is 4.79 Å². The van der Waals surface area contributed by atoms with Crippen LogP contribution in [0.2, 0.25) is 0 Å². The molecule has 148 valence electrons. The van der Waals surface area contributed by atoms with Gasteiger partial charge >= 0.3 is 0 Å². The maximum Gasteiger partial charge on any atom is 0.293 e. The Hall–Kier alpha value is -3.31. The topological polar surface area (TPSA) is 90.4 Å². The van der Waals surface area contributed by atoms with Gasteiger partial charge in [-0.05, 0) is 44.0 Å². The number of hydrogen-bond donors (Lipinski definition) is 0. The van der Waals surface area contributed by atoms with Crippen molar-refractivity contribution >= 4 is 11.7 Å². The van der Waals surface area contributed by atoms with Crippen LogP contribution in [0.5, 0.6) is 0 Å². The minimum absolute atomic E-state index is 0.146. The van der Waals surface area contributed by atoms with Crippen molar-refractivity contribution in [2.45, 2.75) is 26.8 Å². The molecule has 1 amide bonds. The van der Waals surface area contributed by atoms with E-state index < -0.39 is 0 Å². The fourth-order valence-electron chi connectivity index (χ4n) is 3.67. The van der Waals surface area contributed by atoms with Gasteiger partial charge in [-0.2, -0.15) is 10.2 Å². The smallest absolute Gasteiger partial charge is 0.293 e. The molecule has 3 heterocycles. The number of benzene rings is 1. The number of aryl methyl sites for hydroxylation is 2. The van der Waals surface area contributed by atoms with E-state index in [1.807, 2.05) is 49.1 Å². The van der Waals surface area contributed by atoms with Crippen molar-refractivity contribution in [2.24, 2.45) is 0 Å². The van der Waals surface area contributed by atoms with Crippen LogP contribution in [0.1, 0.15) is 39.6 Å². The monoisotopic (exact) mass is 389 g/mol. The molecule has 1 fully saturated rings. The van der Waals surface area contributed by atoms with Crippen molar-refractivity contribution in [1.29, 1.82) is 5.26 Å². The maximum atomic E-state index is 13.0. The van der Waals surface area contributed by atoms with E-state index >= 15 is 0 Å². The van der Waals surface area contributed by atoms with Gasteiger partial charge in [0.25, 0.3) is 11.7 Å². The molecule has 1 aliphatic heterocycles. The summed E-state index contributed by atoms with van der Waals surface area (Å²) in [7, 11) is 0. The number of nitrogens with zero attached hydrogens (tertiary/aromatic N) is 7.